The van der Waals surface area contributed by atoms with Crippen molar-refractivity contribution in [3.05, 3.63) is 96.3 Å². The SMILES string of the molecule is O=C(N/N=C/c1cccc(O)c1)c1nc(-c2ccccc2)n(-c2ccccc2)n1. The zero-order chi connectivity index (χ0) is 20.1. The van der Waals surface area contributed by atoms with Crippen molar-refractivity contribution in [1.29, 1.82) is 0 Å². The summed E-state index contributed by atoms with van der Waals surface area (Å²) in [5.74, 6) is 0.143. The Morgan fingerprint density at radius 3 is 2.41 bits per heavy atom. The summed E-state index contributed by atoms with van der Waals surface area (Å²) in [5.41, 5.74) is 4.70. The fourth-order valence-corrected chi connectivity index (χ4v) is 2.75. The molecule has 1 amide bonds. The van der Waals surface area contributed by atoms with Crippen molar-refractivity contribution in [2.75, 3.05) is 0 Å². The minimum absolute atomic E-state index is 0.000708. The van der Waals surface area contributed by atoms with Gasteiger partial charge in [0.1, 0.15) is 5.75 Å². The summed E-state index contributed by atoms with van der Waals surface area (Å²) in [6.45, 7) is 0. The van der Waals surface area contributed by atoms with Gasteiger partial charge < -0.3 is 5.11 Å². The summed E-state index contributed by atoms with van der Waals surface area (Å²) in [5, 5.41) is 17.8. The molecule has 2 N–H and O–H groups in total. The van der Waals surface area contributed by atoms with Crippen molar-refractivity contribution in [1.82, 2.24) is 20.2 Å². The lowest BCUT2D eigenvalue weighted by Crippen LogP contribution is -2.19. The van der Waals surface area contributed by atoms with E-state index in [1.165, 1.54) is 12.3 Å². The number of phenolic OH excluding ortho intramolecular Hbond substituents is 1. The lowest BCUT2D eigenvalue weighted by molar-refractivity contribution is 0.0945. The van der Waals surface area contributed by atoms with E-state index in [4.69, 9.17) is 0 Å². The number of amides is 1. The van der Waals surface area contributed by atoms with Gasteiger partial charge in [0.05, 0.1) is 11.9 Å². The maximum absolute atomic E-state index is 12.5. The van der Waals surface area contributed by atoms with Crippen molar-refractivity contribution in [2.45, 2.75) is 0 Å². The largest absolute Gasteiger partial charge is 0.508 e. The molecule has 0 radical (unpaired) electrons. The average molecular weight is 383 g/mol. The number of benzene rings is 3. The van der Waals surface area contributed by atoms with Crippen molar-refractivity contribution < 1.29 is 9.90 Å². The van der Waals surface area contributed by atoms with E-state index >= 15 is 0 Å². The Balaban J connectivity index is 1.62. The molecule has 0 saturated heterocycles. The lowest BCUT2D eigenvalue weighted by Gasteiger charge is -2.05. The Labute approximate surface area is 167 Å². The van der Waals surface area contributed by atoms with Gasteiger partial charge in [-0.2, -0.15) is 5.10 Å². The smallest absolute Gasteiger partial charge is 0.311 e. The Bertz CT molecular complexity index is 1100. The Morgan fingerprint density at radius 1 is 0.966 bits per heavy atom. The van der Waals surface area contributed by atoms with Crippen LogP contribution in [0.3, 0.4) is 0 Å². The molecule has 3 aromatic carbocycles. The molecule has 1 heterocycles. The van der Waals surface area contributed by atoms with E-state index in [0.717, 1.165) is 11.3 Å². The van der Waals surface area contributed by atoms with Crippen molar-refractivity contribution in [2.24, 2.45) is 5.10 Å². The standard InChI is InChI=1S/C22H17N5O2/c28-19-13-7-8-16(14-19)15-23-25-22(29)20-24-21(17-9-3-1-4-10-17)27(26-20)18-11-5-2-6-12-18/h1-15,28H,(H,25,29)/b23-15+. The number of hydrogen-bond acceptors (Lipinski definition) is 5. The number of carbonyl (C=O) groups is 1. The third-order valence-electron chi connectivity index (χ3n) is 4.09. The predicted octanol–water partition coefficient (Wildman–Crippen LogP) is 3.40. The summed E-state index contributed by atoms with van der Waals surface area (Å²) in [4.78, 5) is 16.9. The number of hydrogen-bond donors (Lipinski definition) is 2. The number of nitrogens with one attached hydrogen (secondary N) is 1. The maximum atomic E-state index is 12.5. The highest BCUT2D eigenvalue weighted by molar-refractivity contribution is 5.92. The third-order valence-corrected chi connectivity index (χ3v) is 4.09. The van der Waals surface area contributed by atoms with E-state index in [1.54, 1.807) is 22.9 Å². The summed E-state index contributed by atoms with van der Waals surface area (Å²) in [7, 11) is 0. The Kier molecular flexibility index (Phi) is 5.11. The van der Waals surface area contributed by atoms with Gasteiger partial charge >= 0.3 is 5.91 Å². The summed E-state index contributed by atoms with van der Waals surface area (Å²) in [6, 6.07) is 25.5. The predicted molar refractivity (Wildman–Crippen MR) is 110 cm³/mol. The second-order valence-electron chi connectivity index (χ2n) is 6.17. The van der Waals surface area contributed by atoms with E-state index in [0.29, 0.717) is 11.4 Å². The summed E-state index contributed by atoms with van der Waals surface area (Å²) in [6.07, 6.45) is 1.43. The highest BCUT2D eigenvalue weighted by Gasteiger charge is 2.18. The van der Waals surface area contributed by atoms with Crippen LogP contribution in [-0.2, 0) is 0 Å². The highest BCUT2D eigenvalue weighted by atomic mass is 16.3. The number of rotatable bonds is 5. The van der Waals surface area contributed by atoms with Gasteiger partial charge in [-0.15, -0.1) is 5.10 Å². The van der Waals surface area contributed by atoms with Crippen LogP contribution in [0.25, 0.3) is 17.1 Å². The summed E-state index contributed by atoms with van der Waals surface area (Å²) < 4.78 is 1.63. The molecule has 0 unspecified atom stereocenters. The van der Waals surface area contributed by atoms with Crippen molar-refractivity contribution >= 4 is 12.1 Å². The number of carbonyl (C=O) groups excluding carboxylic acids is 1. The topological polar surface area (TPSA) is 92.4 Å². The van der Waals surface area contributed by atoms with E-state index < -0.39 is 5.91 Å². The molecule has 0 atom stereocenters. The summed E-state index contributed by atoms with van der Waals surface area (Å²) >= 11 is 0. The second kappa shape index (κ2) is 8.18. The number of hydrazone groups is 1. The fourth-order valence-electron chi connectivity index (χ4n) is 2.75. The molecule has 7 heteroatoms. The first-order valence-corrected chi connectivity index (χ1v) is 8.91. The minimum Gasteiger partial charge on any atom is -0.508 e. The van der Waals surface area contributed by atoms with Crippen LogP contribution in [0.1, 0.15) is 16.2 Å². The zero-order valence-electron chi connectivity index (χ0n) is 15.3. The van der Waals surface area contributed by atoms with Gasteiger partial charge in [-0.25, -0.2) is 15.1 Å². The van der Waals surface area contributed by atoms with E-state index in [1.807, 2.05) is 60.7 Å². The highest BCUT2D eigenvalue weighted by Crippen LogP contribution is 2.20. The van der Waals surface area contributed by atoms with Crippen LogP contribution < -0.4 is 5.43 Å². The van der Waals surface area contributed by atoms with Crippen LogP contribution in [-0.4, -0.2) is 32.0 Å². The Morgan fingerprint density at radius 2 is 1.69 bits per heavy atom. The molecule has 1 aromatic heterocycles. The number of phenols is 1. The monoisotopic (exact) mass is 383 g/mol. The first-order chi connectivity index (χ1) is 14.2. The van der Waals surface area contributed by atoms with Crippen LogP contribution in [0.15, 0.2) is 90.0 Å². The van der Waals surface area contributed by atoms with Crippen LogP contribution in [0.4, 0.5) is 0 Å². The molecule has 0 bridgehead atoms. The fraction of sp³-hybridized carbons (Fsp3) is 0. The molecule has 0 saturated carbocycles. The molecule has 4 rings (SSSR count). The number of aromatic hydroxyl groups is 1. The van der Waals surface area contributed by atoms with E-state index in [9.17, 15) is 9.90 Å². The molecule has 0 aliphatic carbocycles. The molecule has 0 aliphatic rings. The van der Waals surface area contributed by atoms with Crippen molar-refractivity contribution in [3.63, 3.8) is 0 Å². The maximum Gasteiger partial charge on any atom is 0.311 e. The van der Waals surface area contributed by atoms with Crippen molar-refractivity contribution in [3.8, 4) is 22.8 Å². The zero-order valence-corrected chi connectivity index (χ0v) is 15.3. The molecule has 7 nitrogen and oxygen atoms in total. The minimum atomic E-state index is -0.534. The molecule has 0 aliphatic heterocycles. The molecular formula is C22H17N5O2. The first-order valence-electron chi connectivity index (χ1n) is 8.91. The van der Waals surface area contributed by atoms with E-state index in [-0.39, 0.29) is 11.6 Å². The van der Waals surface area contributed by atoms with Crippen LogP contribution in [0.5, 0.6) is 5.75 Å². The molecular weight excluding hydrogens is 366 g/mol. The van der Waals surface area contributed by atoms with Crippen LogP contribution >= 0.6 is 0 Å². The molecule has 0 spiro atoms. The number of para-hydroxylation sites is 1. The normalized spacial score (nSPS) is 10.9. The number of aromatic nitrogens is 3. The van der Waals surface area contributed by atoms with Gasteiger partial charge in [0.15, 0.2) is 5.82 Å². The van der Waals surface area contributed by atoms with Gasteiger partial charge in [0, 0.05) is 5.56 Å². The lowest BCUT2D eigenvalue weighted by atomic mass is 10.2. The van der Waals surface area contributed by atoms with Gasteiger partial charge in [-0.1, -0.05) is 60.7 Å². The molecule has 29 heavy (non-hydrogen) atoms. The van der Waals surface area contributed by atoms with Gasteiger partial charge in [-0.05, 0) is 29.8 Å². The average Bonchev–Trinajstić information content (AvgIpc) is 3.21. The number of nitrogens with zero attached hydrogens (tertiary/aromatic N) is 4. The molecule has 142 valence electrons. The van der Waals surface area contributed by atoms with Gasteiger partial charge in [0.2, 0.25) is 5.82 Å². The Hall–Kier alpha value is -4.26. The van der Waals surface area contributed by atoms with Gasteiger partial charge in [0.25, 0.3) is 0 Å². The van der Waals surface area contributed by atoms with Gasteiger partial charge in [-0.3, -0.25) is 4.79 Å². The second-order valence-corrected chi connectivity index (χ2v) is 6.17. The third kappa shape index (κ3) is 4.19. The quantitative estimate of drug-likeness (QED) is 0.408. The molecule has 0 fully saturated rings. The van der Waals surface area contributed by atoms with E-state index in [2.05, 4.69) is 20.6 Å². The molecule has 4 aromatic rings. The first kappa shape index (κ1) is 18.1. The van der Waals surface area contributed by atoms with Crippen LogP contribution in [0.2, 0.25) is 0 Å². The van der Waals surface area contributed by atoms with Crippen LogP contribution in [0, 0.1) is 0 Å².